The lowest BCUT2D eigenvalue weighted by Crippen LogP contribution is -2.33. The molecule has 9 heavy (non-hydrogen) atoms. The molecule has 0 aromatic rings. The van der Waals surface area contributed by atoms with Crippen LogP contribution in [-0.2, 0) is 4.74 Å². The van der Waals surface area contributed by atoms with Crippen LogP contribution in [0.3, 0.4) is 0 Å². The first-order valence-electron chi connectivity index (χ1n) is 3.66. The summed E-state index contributed by atoms with van der Waals surface area (Å²) in [4.78, 5) is 0. The summed E-state index contributed by atoms with van der Waals surface area (Å²) < 4.78 is 5.59. The summed E-state index contributed by atoms with van der Waals surface area (Å²) in [5.41, 5.74) is 0.183. The van der Waals surface area contributed by atoms with E-state index in [1.165, 1.54) is 12.8 Å². The molecule has 2 unspecified atom stereocenters. The highest BCUT2D eigenvalue weighted by molar-refractivity contribution is 4.95. The van der Waals surface area contributed by atoms with Gasteiger partial charge in [0.15, 0.2) is 0 Å². The Kier molecular flexibility index (Phi) is 1.08. The quantitative estimate of drug-likeness (QED) is 0.512. The van der Waals surface area contributed by atoms with E-state index in [1.54, 1.807) is 0 Å². The molecule has 2 aliphatic rings. The lowest BCUT2D eigenvalue weighted by molar-refractivity contribution is -0.0372. The topological polar surface area (TPSA) is 21.3 Å². The van der Waals surface area contributed by atoms with Crippen molar-refractivity contribution in [3.8, 4) is 0 Å². The van der Waals surface area contributed by atoms with Crippen molar-refractivity contribution in [2.75, 3.05) is 13.2 Å². The zero-order valence-corrected chi connectivity index (χ0v) is 5.81. The molecule has 2 rings (SSSR count). The van der Waals surface area contributed by atoms with Gasteiger partial charge in [0.2, 0.25) is 0 Å². The normalized spacial score (nSPS) is 49.7. The molecule has 0 saturated carbocycles. The second-order valence-electron chi connectivity index (χ2n) is 3.37. The van der Waals surface area contributed by atoms with Crippen LogP contribution < -0.4 is 5.32 Å². The van der Waals surface area contributed by atoms with Crippen molar-refractivity contribution in [2.24, 2.45) is 0 Å². The Bertz CT molecular complexity index is 122. The Morgan fingerprint density at radius 3 is 3.22 bits per heavy atom. The summed E-state index contributed by atoms with van der Waals surface area (Å²) in [7, 11) is 0. The maximum absolute atomic E-state index is 5.59. The van der Waals surface area contributed by atoms with Crippen molar-refractivity contribution in [1.29, 1.82) is 0 Å². The highest BCUT2D eigenvalue weighted by Crippen LogP contribution is 2.29. The van der Waals surface area contributed by atoms with Crippen LogP contribution in [0, 0.1) is 0 Å². The molecule has 2 heteroatoms. The first kappa shape index (κ1) is 5.69. The van der Waals surface area contributed by atoms with E-state index >= 15 is 0 Å². The Balaban J connectivity index is 2.13. The molecule has 2 nitrogen and oxygen atoms in total. The number of nitrogens with one attached hydrogen (secondary N) is 1. The first-order valence-corrected chi connectivity index (χ1v) is 3.66. The molecule has 0 amide bonds. The third-order valence-electron chi connectivity index (χ3n) is 2.36. The number of rotatable bonds is 0. The number of hydrogen-bond acceptors (Lipinski definition) is 2. The zero-order valence-electron chi connectivity index (χ0n) is 5.81. The van der Waals surface area contributed by atoms with Gasteiger partial charge < -0.3 is 10.1 Å². The van der Waals surface area contributed by atoms with Gasteiger partial charge in [-0.15, -0.1) is 0 Å². The smallest absolute Gasteiger partial charge is 0.0793 e. The maximum atomic E-state index is 5.59. The van der Waals surface area contributed by atoms with Crippen LogP contribution >= 0.6 is 0 Å². The van der Waals surface area contributed by atoms with E-state index in [0.717, 1.165) is 19.2 Å². The van der Waals surface area contributed by atoms with Crippen molar-refractivity contribution in [3.05, 3.63) is 0 Å². The van der Waals surface area contributed by atoms with E-state index in [2.05, 4.69) is 12.2 Å². The highest BCUT2D eigenvalue weighted by Gasteiger charge is 2.38. The monoisotopic (exact) mass is 127 g/mol. The molecule has 2 aliphatic heterocycles. The standard InChI is InChI=1S/C7H13NO/c1-7-4-6(8-5-7)2-3-9-7/h6,8H,2-5H2,1H3. The van der Waals surface area contributed by atoms with Crippen molar-refractivity contribution in [2.45, 2.75) is 31.4 Å². The zero-order chi connectivity index (χ0) is 6.32. The average Bonchev–Trinajstić information content (AvgIpc) is 2.07. The molecule has 1 N–H and O–H groups in total. The van der Waals surface area contributed by atoms with Gasteiger partial charge in [-0.2, -0.15) is 0 Å². The summed E-state index contributed by atoms with van der Waals surface area (Å²) >= 11 is 0. The number of fused-ring (bicyclic) bond motifs is 2. The van der Waals surface area contributed by atoms with Gasteiger partial charge in [-0.3, -0.25) is 0 Å². The van der Waals surface area contributed by atoms with Crippen molar-refractivity contribution in [1.82, 2.24) is 5.32 Å². The summed E-state index contributed by atoms with van der Waals surface area (Å²) in [5, 5.41) is 3.43. The lowest BCUT2D eigenvalue weighted by Gasteiger charge is -2.27. The van der Waals surface area contributed by atoms with Gasteiger partial charge in [-0.05, 0) is 19.8 Å². The van der Waals surface area contributed by atoms with Gasteiger partial charge in [0.25, 0.3) is 0 Å². The third kappa shape index (κ3) is 0.864. The predicted octanol–water partition coefficient (Wildman–Crippen LogP) is 0.527. The fourth-order valence-corrected chi connectivity index (χ4v) is 1.79. The van der Waals surface area contributed by atoms with Gasteiger partial charge in [-0.1, -0.05) is 0 Å². The van der Waals surface area contributed by atoms with Crippen LogP contribution in [0.15, 0.2) is 0 Å². The first-order chi connectivity index (χ1) is 4.29. The third-order valence-corrected chi connectivity index (χ3v) is 2.36. The Hall–Kier alpha value is -0.0800. The van der Waals surface area contributed by atoms with E-state index in [4.69, 9.17) is 4.74 Å². The highest BCUT2D eigenvalue weighted by atomic mass is 16.5. The molecule has 0 spiro atoms. The molecular weight excluding hydrogens is 114 g/mol. The minimum absolute atomic E-state index is 0.183. The minimum Gasteiger partial charge on any atom is -0.374 e. The molecule has 0 radical (unpaired) electrons. The maximum Gasteiger partial charge on any atom is 0.0793 e. The van der Waals surface area contributed by atoms with E-state index in [0.29, 0.717) is 0 Å². The van der Waals surface area contributed by atoms with E-state index < -0.39 is 0 Å². The Labute approximate surface area is 55.6 Å². The molecule has 0 aliphatic carbocycles. The second kappa shape index (κ2) is 1.70. The van der Waals surface area contributed by atoms with Gasteiger partial charge in [0, 0.05) is 19.2 Å². The molecule has 2 atom stereocenters. The molecule has 2 fully saturated rings. The van der Waals surface area contributed by atoms with Crippen molar-refractivity contribution in [3.63, 3.8) is 0 Å². The van der Waals surface area contributed by atoms with Crippen LogP contribution in [0.4, 0.5) is 0 Å². The fourth-order valence-electron chi connectivity index (χ4n) is 1.79. The molecule has 52 valence electrons. The van der Waals surface area contributed by atoms with Crippen LogP contribution in [0.25, 0.3) is 0 Å². The van der Waals surface area contributed by atoms with E-state index in [-0.39, 0.29) is 5.60 Å². The minimum atomic E-state index is 0.183. The predicted molar refractivity (Wildman–Crippen MR) is 35.4 cm³/mol. The average molecular weight is 127 g/mol. The van der Waals surface area contributed by atoms with E-state index in [9.17, 15) is 0 Å². The van der Waals surface area contributed by atoms with Crippen molar-refractivity contribution < 1.29 is 4.74 Å². The van der Waals surface area contributed by atoms with Crippen LogP contribution in [0.1, 0.15) is 19.8 Å². The van der Waals surface area contributed by atoms with Gasteiger partial charge >= 0.3 is 0 Å². The number of ether oxygens (including phenoxy) is 1. The number of hydrogen-bond donors (Lipinski definition) is 1. The van der Waals surface area contributed by atoms with Crippen LogP contribution in [0.2, 0.25) is 0 Å². The van der Waals surface area contributed by atoms with Gasteiger partial charge in [0.1, 0.15) is 0 Å². The summed E-state index contributed by atoms with van der Waals surface area (Å²) in [6.07, 6.45) is 2.42. The van der Waals surface area contributed by atoms with Crippen LogP contribution in [-0.4, -0.2) is 24.8 Å². The molecular formula is C7H13NO. The van der Waals surface area contributed by atoms with Gasteiger partial charge in [-0.25, -0.2) is 0 Å². The summed E-state index contributed by atoms with van der Waals surface area (Å²) in [6.45, 7) is 4.20. The van der Waals surface area contributed by atoms with Gasteiger partial charge in [0.05, 0.1) is 5.60 Å². The van der Waals surface area contributed by atoms with E-state index in [1.807, 2.05) is 0 Å². The summed E-state index contributed by atoms with van der Waals surface area (Å²) in [5.74, 6) is 0. The fraction of sp³-hybridized carbons (Fsp3) is 1.00. The molecule has 2 bridgehead atoms. The Morgan fingerprint density at radius 2 is 2.56 bits per heavy atom. The molecule has 2 heterocycles. The molecule has 2 saturated heterocycles. The Morgan fingerprint density at radius 1 is 1.67 bits per heavy atom. The SMILES string of the molecule is CC12CNC(CCO1)C2. The lowest BCUT2D eigenvalue weighted by atomic mass is 9.98. The van der Waals surface area contributed by atoms with Crippen molar-refractivity contribution >= 4 is 0 Å². The largest absolute Gasteiger partial charge is 0.374 e. The van der Waals surface area contributed by atoms with Crippen LogP contribution in [0.5, 0.6) is 0 Å². The summed E-state index contributed by atoms with van der Waals surface area (Å²) in [6, 6.07) is 0.753. The molecule has 0 aromatic heterocycles. The molecule has 0 aromatic carbocycles. The second-order valence-corrected chi connectivity index (χ2v) is 3.37.